The lowest BCUT2D eigenvalue weighted by molar-refractivity contribution is -0.0153. The largest absolute Gasteiger partial charge is 0.423 e. The summed E-state index contributed by atoms with van der Waals surface area (Å²) < 4.78 is 5.38. The van der Waals surface area contributed by atoms with Crippen LogP contribution in [-0.2, 0) is 0 Å². The summed E-state index contributed by atoms with van der Waals surface area (Å²) in [6, 6.07) is 14.6. The van der Waals surface area contributed by atoms with Crippen LogP contribution in [0.2, 0.25) is 0 Å². The third-order valence-corrected chi connectivity index (χ3v) is 5.24. The van der Waals surface area contributed by atoms with Gasteiger partial charge < -0.3 is 14.4 Å². The first-order valence-corrected chi connectivity index (χ1v) is 8.94. The Morgan fingerprint density at radius 2 is 1.89 bits per heavy atom. The van der Waals surface area contributed by atoms with Crippen LogP contribution in [0.3, 0.4) is 0 Å². The number of carbonyl (C=O) groups excluding carboxylic acids is 1. The fourth-order valence-corrected chi connectivity index (χ4v) is 3.70. The molecule has 0 bridgehead atoms. The normalized spacial score (nSPS) is 15.6. The molecule has 1 fully saturated rings. The average Bonchev–Trinajstić information content (AvgIpc) is 2.64. The van der Waals surface area contributed by atoms with Crippen molar-refractivity contribution in [3.05, 3.63) is 70.1 Å². The highest BCUT2D eigenvalue weighted by Gasteiger charge is 2.41. The van der Waals surface area contributed by atoms with Crippen molar-refractivity contribution in [2.24, 2.45) is 5.41 Å². The van der Waals surface area contributed by atoms with Crippen molar-refractivity contribution in [1.82, 2.24) is 4.90 Å². The van der Waals surface area contributed by atoms with Gasteiger partial charge >= 0.3 is 5.63 Å². The van der Waals surface area contributed by atoms with Crippen LogP contribution >= 0.6 is 0 Å². The molecule has 3 aromatic rings. The quantitative estimate of drug-likeness (QED) is 0.726. The van der Waals surface area contributed by atoms with Crippen LogP contribution in [0.15, 0.2) is 57.7 Å². The van der Waals surface area contributed by atoms with E-state index in [1.807, 2.05) is 44.2 Å². The smallest absolute Gasteiger partial charge is 0.336 e. The maximum Gasteiger partial charge on any atom is 0.336 e. The van der Waals surface area contributed by atoms with E-state index in [2.05, 4.69) is 0 Å². The fourth-order valence-electron chi connectivity index (χ4n) is 3.70. The molecule has 0 spiro atoms. The van der Waals surface area contributed by atoms with Gasteiger partial charge in [0.15, 0.2) is 0 Å². The molecule has 0 aliphatic carbocycles. The second-order valence-corrected chi connectivity index (χ2v) is 7.63. The van der Waals surface area contributed by atoms with E-state index in [1.165, 1.54) is 6.07 Å². The first-order chi connectivity index (χ1) is 12.9. The van der Waals surface area contributed by atoms with Gasteiger partial charge in [0.05, 0.1) is 6.61 Å². The number of likely N-dealkylation sites (tertiary alicyclic amines) is 1. The molecule has 2 heterocycles. The molecule has 0 saturated carbocycles. The number of amides is 1. The molecule has 0 atom stereocenters. The molecule has 1 aliphatic rings. The zero-order valence-electron chi connectivity index (χ0n) is 15.4. The number of carbonyl (C=O) groups is 1. The van der Waals surface area contributed by atoms with E-state index in [0.717, 1.165) is 22.1 Å². The van der Waals surface area contributed by atoms with E-state index >= 15 is 0 Å². The van der Waals surface area contributed by atoms with E-state index in [0.29, 0.717) is 24.2 Å². The highest BCUT2D eigenvalue weighted by Crippen LogP contribution is 2.33. The Balaban J connectivity index is 1.75. The lowest BCUT2D eigenvalue weighted by atomic mass is 9.82. The molecule has 0 unspecified atom stereocenters. The van der Waals surface area contributed by atoms with Gasteiger partial charge in [0.2, 0.25) is 0 Å². The van der Waals surface area contributed by atoms with Gasteiger partial charge in [0, 0.05) is 41.1 Å². The summed E-state index contributed by atoms with van der Waals surface area (Å²) in [6.45, 7) is 5.05. The monoisotopic (exact) mass is 363 g/mol. The molecule has 138 valence electrons. The van der Waals surface area contributed by atoms with Crippen LogP contribution in [0.5, 0.6) is 0 Å². The first-order valence-electron chi connectivity index (χ1n) is 8.94. The molecule has 1 N–H and O–H groups in total. The Bertz CT molecular complexity index is 1090. The molecular weight excluding hydrogens is 342 g/mol. The van der Waals surface area contributed by atoms with Gasteiger partial charge in [-0.05, 0) is 36.2 Å². The maximum absolute atomic E-state index is 12.7. The van der Waals surface area contributed by atoms with E-state index < -0.39 is 5.63 Å². The number of hydrogen-bond acceptors (Lipinski definition) is 4. The molecule has 0 radical (unpaired) electrons. The molecule has 1 amide bonds. The van der Waals surface area contributed by atoms with Gasteiger partial charge in [0.1, 0.15) is 5.58 Å². The molecule has 5 nitrogen and oxygen atoms in total. The van der Waals surface area contributed by atoms with E-state index in [9.17, 15) is 14.7 Å². The number of aliphatic hydroxyl groups excluding tert-OH is 1. The predicted molar refractivity (Wildman–Crippen MR) is 104 cm³/mol. The van der Waals surface area contributed by atoms with Crippen LogP contribution in [-0.4, -0.2) is 35.6 Å². The summed E-state index contributed by atoms with van der Waals surface area (Å²) in [5.74, 6) is -0.119. The summed E-state index contributed by atoms with van der Waals surface area (Å²) in [5, 5.41) is 10.2. The molecule has 1 saturated heterocycles. The average molecular weight is 363 g/mol. The van der Waals surface area contributed by atoms with Gasteiger partial charge in [0.25, 0.3) is 5.91 Å². The summed E-state index contributed by atoms with van der Waals surface area (Å²) in [7, 11) is 0. The zero-order valence-corrected chi connectivity index (χ0v) is 15.4. The molecule has 4 rings (SSSR count). The minimum Gasteiger partial charge on any atom is -0.423 e. The second-order valence-electron chi connectivity index (χ2n) is 7.63. The molecular formula is C22H21NO4. The number of fused-ring (bicyclic) bond motifs is 1. The Morgan fingerprint density at radius 3 is 2.59 bits per heavy atom. The first kappa shape index (κ1) is 17.5. The van der Waals surface area contributed by atoms with Crippen molar-refractivity contribution >= 4 is 16.9 Å². The van der Waals surface area contributed by atoms with Crippen LogP contribution in [0, 0.1) is 12.3 Å². The van der Waals surface area contributed by atoms with Crippen molar-refractivity contribution in [1.29, 1.82) is 0 Å². The Labute approximate surface area is 156 Å². The number of aliphatic hydroxyl groups is 1. The Morgan fingerprint density at radius 1 is 1.15 bits per heavy atom. The third kappa shape index (κ3) is 3.04. The summed E-state index contributed by atoms with van der Waals surface area (Å²) in [6.07, 6.45) is 0. The summed E-state index contributed by atoms with van der Waals surface area (Å²) in [5.41, 5.74) is 3.04. The number of benzene rings is 2. The maximum atomic E-state index is 12.7. The number of aryl methyl sites for hydroxylation is 1. The number of rotatable bonds is 3. The minimum absolute atomic E-state index is 0.0587. The van der Waals surface area contributed by atoms with Gasteiger partial charge in [-0.15, -0.1) is 0 Å². The van der Waals surface area contributed by atoms with Crippen molar-refractivity contribution in [2.75, 3.05) is 19.7 Å². The van der Waals surface area contributed by atoms with Crippen LogP contribution in [0.25, 0.3) is 22.1 Å². The Hall–Kier alpha value is -2.92. The third-order valence-electron chi connectivity index (χ3n) is 5.24. The van der Waals surface area contributed by atoms with Gasteiger partial charge in [-0.2, -0.15) is 0 Å². The molecule has 1 aromatic heterocycles. The topological polar surface area (TPSA) is 70.8 Å². The van der Waals surface area contributed by atoms with Crippen molar-refractivity contribution in [2.45, 2.75) is 13.8 Å². The summed E-state index contributed by atoms with van der Waals surface area (Å²) >= 11 is 0. The lowest BCUT2D eigenvalue weighted by Crippen LogP contribution is -2.58. The number of hydrogen-bond donors (Lipinski definition) is 1. The van der Waals surface area contributed by atoms with Crippen LogP contribution in [0.4, 0.5) is 0 Å². The predicted octanol–water partition coefficient (Wildman–Crippen LogP) is 3.22. The lowest BCUT2D eigenvalue weighted by Gasteiger charge is -2.47. The zero-order chi connectivity index (χ0) is 19.2. The van der Waals surface area contributed by atoms with Crippen LogP contribution in [0.1, 0.15) is 22.8 Å². The minimum atomic E-state index is -0.442. The van der Waals surface area contributed by atoms with E-state index in [1.54, 1.807) is 17.0 Å². The molecule has 1 aliphatic heterocycles. The van der Waals surface area contributed by atoms with E-state index in [-0.39, 0.29) is 17.9 Å². The van der Waals surface area contributed by atoms with Crippen molar-refractivity contribution < 1.29 is 14.3 Å². The highest BCUT2D eigenvalue weighted by molar-refractivity contribution is 6.01. The van der Waals surface area contributed by atoms with Gasteiger partial charge in [-0.1, -0.05) is 31.2 Å². The number of nitrogens with zero attached hydrogens (tertiary/aromatic N) is 1. The SMILES string of the molecule is Cc1ccccc1-c1cc(=O)oc2cc(C(=O)N3CC(C)(CO)C3)ccc12. The highest BCUT2D eigenvalue weighted by atomic mass is 16.4. The molecule has 27 heavy (non-hydrogen) atoms. The van der Waals surface area contributed by atoms with Crippen LogP contribution < -0.4 is 5.63 Å². The van der Waals surface area contributed by atoms with E-state index in [4.69, 9.17) is 4.42 Å². The molecule has 5 heteroatoms. The van der Waals surface area contributed by atoms with Gasteiger partial charge in [-0.3, -0.25) is 4.79 Å². The molecule has 2 aromatic carbocycles. The summed E-state index contributed by atoms with van der Waals surface area (Å²) in [4.78, 5) is 26.5. The van der Waals surface area contributed by atoms with Gasteiger partial charge in [-0.25, -0.2) is 4.79 Å². The Kier molecular flexibility index (Phi) is 4.12. The second kappa shape index (κ2) is 6.35. The van der Waals surface area contributed by atoms with Crippen molar-refractivity contribution in [3.63, 3.8) is 0 Å². The van der Waals surface area contributed by atoms with Crippen molar-refractivity contribution in [3.8, 4) is 11.1 Å². The standard InChI is InChI=1S/C22H21NO4/c1-14-5-3-4-6-16(14)18-10-20(25)27-19-9-15(7-8-17(18)19)21(26)23-11-22(2,12-23)13-24/h3-10,24H,11-13H2,1-2H3. The fraction of sp³-hybridized carbons (Fsp3) is 0.273.